The van der Waals surface area contributed by atoms with Crippen LogP contribution in [0.5, 0.6) is 0 Å². The van der Waals surface area contributed by atoms with Crippen molar-refractivity contribution in [2.75, 3.05) is 13.2 Å². The largest absolute Gasteiger partial charge is 0.452 e. The fourth-order valence-corrected chi connectivity index (χ4v) is 3.25. The monoisotopic (exact) mass is 484 g/mol. The van der Waals surface area contributed by atoms with Crippen molar-refractivity contribution in [3.8, 4) is 0 Å². The zero-order valence-corrected chi connectivity index (χ0v) is 18.4. The number of nitro benzene ring substituents is 1. The van der Waals surface area contributed by atoms with E-state index in [1.807, 2.05) is 0 Å². The van der Waals surface area contributed by atoms with Gasteiger partial charge in [-0.3, -0.25) is 19.7 Å². The maximum atomic E-state index is 12.9. The first-order valence-corrected chi connectivity index (χ1v) is 10.4. The molecule has 3 rings (SSSR count). The Morgan fingerprint density at radius 1 is 1.00 bits per heavy atom. The van der Waals surface area contributed by atoms with Gasteiger partial charge in [0, 0.05) is 23.7 Å². The Labute approximate surface area is 198 Å². The van der Waals surface area contributed by atoms with E-state index in [1.54, 1.807) is 12.1 Å². The van der Waals surface area contributed by atoms with E-state index in [2.05, 4.69) is 5.32 Å². The van der Waals surface area contributed by atoms with Crippen LogP contribution < -0.4 is 5.32 Å². The lowest BCUT2D eigenvalue weighted by Crippen LogP contribution is -2.30. The molecule has 174 valence electrons. The van der Waals surface area contributed by atoms with E-state index < -0.39 is 34.9 Å². The number of esters is 1. The molecule has 0 fully saturated rings. The van der Waals surface area contributed by atoms with E-state index >= 15 is 0 Å². The van der Waals surface area contributed by atoms with Crippen molar-refractivity contribution in [2.24, 2.45) is 0 Å². The minimum atomic E-state index is -0.902. The average molecular weight is 485 g/mol. The van der Waals surface area contributed by atoms with Crippen molar-refractivity contribution in [1.82, 2.24) is 5.32 Å². The predicted molar refractivity (Wildman–Crippen MR) is 121 cm³/mol. The molecule has 0 unspecified atom stereocenters. The molecular weight excluding hydrogens is 467 g/mol. The van der Waals surface area contributed by atoms with E-state index in [9.17, 15) is 28.9 Å². The molecule has 0 saturated heterocycles. The highest BCUT2D eigenvalue weighted by molar-refractivity contribution is 6.33. The molecule has 1 N–H and O–H groups in total. The van der Waals surface area contributed by atoms with Gasteiger partial charge in [-0.1, -0.05) is 41.9 Å². The van der Waals surface area contributed by atoms with Crippen molar-refractivity contribution >= 4 is 34.9 Å². The van der Waals surface area contributed by atoms with E-state index in [0.717, 1.165) is 11.6 Å². The minimum Gasteiger partial charge on any atom is -0.452 e. The number of carbonyl (C=O) groups excluding carboxylic acids is 3. The molecule has 0 heterocycles. The lowest BCUT2D eigenvalue weighted by molar-refractivity contribution is -0.384. The van der Waals surface area contributed by atoms with Gasteiger partial charge in [0.2, 0.25) is 0 Å². The van der Waals surface area contributed by atoms with Crippen molar-refractivity contribution in [1.29, 1.82) is 0 Å². The van der Waals surface area contributed by atoms with E-state index in [4.69, 9.17) is 16.3 Å². The molecule has 3 aromatic rings. The average Bonchev–Trinajstić information content (AvgIpc) is 2.83. The summed E-state index contributed by atoms with van der Waals surface area (Å²) in [6.07, 6.45) is 0.463. The summed E-state index contributed by atoms with van der Waals surface area (Å²) >= 11 is 5.79. The van der Waals surface area contributed by atoms with E-state index in [1.165, 1.54) is 48.5 Å². The second-order valence-corrected chi connectivity index (χ2v) is 7.51. The second-order valence-electron chi connectivity index (χ2n) is 7.10. The number of benzene rings is 3. The number of nitrogens with zero attached hydrogens (tertiary/aromatic N) is 1. The number of amides is 1. The molecular formula is C24H18ClFN2O6. The smallest absolute Gasteiger partial charge is 0.339 e. The molecule has 0 bridgehead atoms. The number of ketones is 1. The third kappa shape index (κ3) is 6.23. The van der Waals surface area contributed by atoms with Crippen LogP contribution in [0.15, 0.2) is 66.7 Å². The molecule has 0 aromatic heterocycles. The number of nitro groups is 1. The number of halogens is 2. The van der Waals surface area contributed by atoms with Crippen LogP contribution >= 0.6 is 11.6 Å². The fraction of sp³-hybridized carbons (Fsp3) is 0.125. The maximum Gasteiger partial charge on any atom is 0.339 e. The molecule has 0 spiro atoms. The predicted octanol–water partition coefficient (Wildman–Crippen LogP) is 4.13. The van der Waals surface area contributed by atoms with Crippen LogP contribution in [0.2, 0.25) is 5.02 Å². The first-order valence-electron chi connectivity index (χ1n) is 10.0. The van der Waals surface area contributed by atoms with Gasteiger partial charge in [-0.15, -0.1) is 0 Å². The van der Waals surface area contributed by atoms with Crippen molar-refractivity contribution < 1.29 is 28.4 Å². The summed E-state index contributed by atoms with van der Waals surface area (Å²) in [6, 6.07) is 15.2. The molecule has 34 heavy (non-hydrogen) atoms. The summed E-state index contributed by atoms with van der Waals surface area (Å²) in [6.45, 7) is -0.316. The van der Waals surface area contributed by atoms with Gasteiger partial charge in [0.15, 0.2) is 12.4 Å². The first kappa shape index (κ1) is 24.5. The summed E-state index contributed by atoms with van der Waals surface area (Å²) in [7, 11) is 0. The van der Waals surface area contributed by atoms with E-state index in [0.29, 0.717) is 6.42 Å². The Balaban J connectivity index is 1.62. The highest BCUT2D eigenvalue weighted by atomic mass is 35.5. The zero-order valence-electron chi connectivity index (χ0n) is 17.6. The molecule has 0 aliphatic carbocycles. The van der Waals surface area contributed by atoms with Crippen molar-refractivity contribution in [3.63, 3.8) is 0 Å². The molecule has 0 aliphatic heterocycles. The number of hydrogen-bond donors (Lipinski definition) is 1. The number of rotatable bonds is 9. The molecule has 10 heteroatoms. The lowest BCUT2D eigenvalue weighted by Gasteiger charge is -2.10. The maximum absolute atomic E-state index is 12.9. The number of ether oxygens (including phenoxy) is 1. The van der Waals surface area contributed by atoms with Gasteiger partial charge < -0.3 is 10.1 Å². The number of carbonyl (C=O) groups is 3. The molecule has 0 aliphatic rings. The molecule has 0 radical (unpaired) electrons. The fourth-order valence-electron chi connectivity index (χ4n) is 3.07. The van der Waals surface area contributed by atoms with Crippen molar-refractivity contribution in [2.45, 2.75) is 6.42 Å². The molecule has 8 nitrogen and oxygen atoms in total. The summed E-state index contributed by atoms with van der Waals surface area (Å²) < 4.78 is 18.0. The first-order chi connectivity index (χ1) is 16.3. The van der Waals surface area contributed by atoms with Gasteiger partial charge in [0.05, 0.1) is 10.5 Å². The number of nitrogens with one attached hydrogen (secondary N) is 1. The SMILES string of the molecule is O=C(COC(=O)c1ccccc1C(=O)c1ccc(Cl)c([N+](=O)[O-])c1)NCCc1ccc(F)cc1. The molecule has 0 atom stereocenters. The van der Waals surface area contributed by atoms with Crippen LogP contribution in [0, 0.1) is 15.9 Å². The van der Waals surface area contributed by atoms with Gasteiger partial charge >= 0.3 is 5.97 Å². The Kier molecular flexibility index (Phi) is 8.05. The minimum absolute atomic E-state index is 0.0325. The highest BCUT2D eigenvalue weighted by Gasteiger charge is 2.22. The quantitative estimate of drug-likeness (QED) is 0.211. The third-order valence-corrected chi connectivity index (χ3v) is 5.10. The summed E-state index contributed by atoms with van der Waals surface area (Å²) in [5, 5.41) is 13.6. The van der Waals surface area contributed by atoms with Crippen LogP contribution in [-0.4, -0.2) is 35.7 Å². The summed E-state index contributed by atoms with van der Waals surface area (Å²) in [4.78, 5) is 47.9. The molecule has 0 saturated carbocycles. The molecule has 3 aromatic carbocycles. The number of hydrogen-bond acceptors (Lipinski definition) is 6. The van der Waals surface area contributed by atoms with Crippen LogP contribution in [0.3, 0.4) is 0 Å². The third-order valence-electron chi connectivity index (χ3n) is 4.78. The Bertz CT molecular complexity index is 1250. The summed E-state index contributed by atoms with van der Waals surface area (Å²) in [5.41, 5.74) is 0.221. The van der Waals surface area contributed by atoms with Gasteiger partial charge in [0.25, 0.3) is 11.6 Å². The molecule has 1 amide bonds. The van der Waals surface area contributed by atoms with Crippen LogP contribution in [-0.2, 0) is 16.0 Å². The highest BCUT2D eigenvalue weighted by Crippen LogP contribution is 2.27. The van der Waals surface area contributed by atoms with E-state index in [-0.39, 0.29) is 34.1 Å². The van der Waals surface area contributed by atoms with Crippen LogP contribution in [0.4, 0.5) is 10.1 Å². The van der Waals surface area contributed by atoms with Gasteiger partial charge in [-0.05, 0) is 42.3 Å². The summed E-state index contributed by atoms with van der Waals surface area (Å²) in [5.74, 6) is -2.45. The van der Waals surface area contributed by atoms with Gasteiger partial charge in [-0.25, -0.2) is 9.18 Å². The standard InChI is InChI=1S/C24H18ClFN2O6/c25-20-10-7-16(13-21(20)28(32)33)23(30)18-3-1-2-4-19(18)24(31)34-14-22(29)27-12-11-15-5-8-17(26)9-6-15/h1-10,13H,11-12,14H2,(H,27,29). The zero-order chi connectivity index (χ0) is 24.7. The Hall–Kier alpha value is -4.11. The van der Waals surface area contributed by atoms with Crippen LogP contribution in [0.1, 0.15) is 31.8 Å². The second kappa shape index (κ2) is 11.2. The lowest BCUT2D eigenvalue weighted by atomic mass is 9.98. The van der Waals surface area contributed by atoms with Crippen LogP contribution in [0.25, 0.3) is 0 Å². The van der Waals surface area contributed by atoms with Gasteiger partial charge in [-0.2, -0.15) is 0 Å². The topological polar surface area (TPSA) is 116 Å². The van der Waals surface area contributed by atoms with Crippen molar-refractivity contribution in [3.05, 3.63) is 110 Å². The Morgan fingerprint density at radius 2 is 1.68 bits per heavy atom. The van der Waals surface area contributed by atoms with Gasteiger partial charge in [0.1, 0.15) is 10.8 Å². The normalized spacial score (nSPS) is 10.4. The Morgan fingerprint density at radius 3 is 2.35 bits per heavy atom.